The lowest BCUT2D eigenvalue weighted by atomic mass is 9.98. The van der Waals surface area contributed by atoms with Crippen LogP contribution in [0.1, 0.15) is 47.6 Å². The molecule has 0 radical (unpaired) electrons. The van der Waals surface area contributed by atoms with Gasteiger partial charge in [-0.1, -0.05) is 31.7 Å². The van der Waals surface area contributed by atoms with Crippen LogP contribution in [0.4, 0.5) is 0 Å². The van der Waals surface area contributed by atoms with Gasteiger partial charge in [0.15, 0.2) is 0 Å². The van der Waals surface area contributed by atoms with Crippen molar-refractivity contribution < 1.29 is 9.53 Å². The highest BCUT2D eigenvalue weighted by Crippen LogP contribution is 2.27. The Labute approximate surface area is 196 Å². The Hall–Kier alpha value is -3.16. The molecule has 0 saturated carbocycles. The van der Waals surface area contributed by atoms with Crippen LogP contribution in [0.25, 0.3) is 11.1 Å². The van der Waals surface area contributed by atoms with Crippen molar-refractivity contribution in [2.24, 2.45) is 10.7 Å². The largest absolute Gasteiger partial charge is 0.497 e. The number of aliphatic imine (C=N–C) groups is 1. The van der Waals surface area contributed by atoms with E-state index in [-0.39, 0.29) is 39.4 Å². The topological polar surface area (TPSA) is 89.6 Å². The Kier molecular flexibility index (Phi) is 8.57. The number of carbonyl (C=O) groups is 1. The van der Waals surface area contributed by atoms with Crippen molar-refractivity contribution in [2.75, 3.05) is 13.7 Å². The Balaban J connectivity index is 0.00000181. The highest BCUT2D eigenvalue weighted by atomic mass is 32.1. The number of fused-ring (bicyclic) bond motifs is 1. The number of ether oxygens (including phenoxy) is 1. The van der Waals surface area contributed by atoms with Crippen molar-refractivity contribution in [1.29, 1.82) is 0 Å². The first kappa shape index (κ1) is 25.1. The lowest BCUT2D eigenvalue weighted by Crippen LogP contribution is -2.33. The minimum atomic E-state index is -0.336. The number of rotatable bonds is 6. The molecule has 0 unspecified atom stereocenters. The number of pyridine rings is 1. The van der Waals surface area contributed by atoms with Crippen LogP contribution in [-0.2, 0) is 6.54 Å². The van der Waals surface area contributed by atoms with Gasteiger partial charge in [-0.15, -0.1) is 0 Å². The molecule has 0 spiro atoms. The first-order chi connectivity index (χ1) is 14.6. The normalized spacial score (nSPS) is 12.5. The van der Waals surface area contributed by atoms with Crippen LogP contribution in [0.5, 0.6) is 5.75 Å². The summed E-state index contributed by atoms with van der Waals surface area (Å²) in [5.41, 5.74) is 12.6. The third-order valence-electron chi connectivity index (χ3n) is 5.35. The van der Waals surface area contributed by atoms with Gasteiger partial charge < -0.3 is 15.8 Å². The predicted molar refractivity (Wildman–Crippen MR) is 135 cm³/mol. The van der Waals surface area contributed by atoms with Gasteiger partial charge in [-0.25, -0.2) is 0 Å². The second kappa shape index (κ2) is 10.9. The number of methoxy groups -OCH3 is 1. The molecule has 2 aromatic carbocycles. The van der Waals surface area contributed by atoms with Crippen LogP contribution >= 0.6 is 13.5 Å². The average Bonchev–Trinajstić information content (AvgIpc) is 3.17. The molecule has 0 saturated heterocycles. The summed E-state index contributed by atoms with van der Waals surface area (Å²) in [4.78, 5) is 21.6. The van der Waals surface area contributed by atoms with E-state index in [9.17, 15) is 4.79 Å². The van der Waals surface area contributed by atoms with E-state index in [1.54, 1.807) is 19.4 Å². The van der Waals surface area contributed by atoms with Crippen LogP contribution in [0.15, 0.2) is 65.8 Å². The van der Waals surface area contributed by atoms with Gasteiger partial charge in [-0.2, -0.15) is 13.5 Å². The number of aromatic nitrogens is 1. The number of hydrogen-bond acceptors (Lipinski definition) is 5. The summed E-state index contributed by atoms with van der Waals surface area (Å²) in [6.07, 6.45) is 1.65. The molecule has 3 aromatic rings. The highest BCUT2D eigenvalue weighted by Gasteiger charge is 2.17. The SMILES string of the molecule is C.COc1cccc([C@@H](CN)NC(=O)c2cc(-c3ccc4c(c3)C(C)=NC4)ccn2)c1.S. The zero-order valence-electron chi connectivity index (χ0n) is 17.6. The molecule has 168 valence electrons. The summed E-state index contributed by atoms with van der Waals surface area (Å²) in [6.45, 7) is 3.02. The van der Waals surface area contributed by atoms with Crippen LogP contribution < -0.4 is 15.8 Å². The summed E-state index contributed by atoms with van der Waals surface area (Å²) < 4.78 is 5.27. The molecular formula is C25H30N4O2S. The summed E-state index contributed by atoms with van der Waals surface area (Å²) in [5, 5.41) is 2.98. The van der Waals surface area contributed by atoms with Gasteiger partial charge in [0.25, 0.3) is 5.91 Å². The lowest BCUT2D eigenvalue weighted by molar-refractivity contribution is 0.0932. The Morgan fingerprint density at radius 1 is 1.16 bits per heavy atom. The van der Waals surface area contributed by atoms with Crippen LogP contribution in [0.3, 0.4) is 0 Å². The quantitative estimate of drug-likeness (QED) is 0.587. The van der Waals surface area contributed by atoms with Gasteiger partial charge >= 0.3 is 0 Å². The summed E-state index contributed by atoms with van der Waals surface area (Å²) in [5.74, 6) is 0.449. The maximum absolute atomic E-state index is 12.9. The molecule has 1 aliphatic rings. The Bertz CT molecular complexity index is 1130. The van der Waals surface area contributed by atoms with E-state index < -0.39 is 0 Å². The van der Waals surface area contributed by atoms with Gasteiger partial charge in [0.05, 0.1) is 19.7 Å². The van der Waals surface area contributed by atoms with Crippen molar-refractivity contribution in [2.45, 2.75) is 26.9 Å². The molecule has 1 atom stereocenters. The van der Waals surface area contributed by atoms with Gasteiger partial charge in [0.1, 0.15) is 11.4 Å². The monoisotopic (exact) mass is 450 g/mol. The minimum Gasteiger partial charge on any atom is -0.497 e. The molecule has 3 N–H and O–H groups in total. The van der Waals surface area contributed by atoms with E-state index in [1.807, 2.05) is 37.3 Å². The van der Waals surface area contributed by atoms with Crippen molar-refractivity contribution >= 4 is 25.1 Å². The summed E-state index contributed by atoms with van der Waals surface area (Å²) in [6, 6.07) is 17.2. The van der Waals surface area contributed by atoms with E-state index in [4.69, 9.17) is 10.5 Å². The smallest absolute Gasteiger partial charge is 0.270 e. The van der Waals surface area contributed by atoms with Crippen molar-refractivity contribution in [3.05, 3.63) is 83.2 Å². The molecule has 0 fully saturated rings. The van der Waals surface area contributed by atoms with Gasteiger partial charge in [-0.3, -0.25) is 14.8 Å². The fourth-order valence-corrected chi connectivity index (χ4v) is 3.62. The maximum atomic E-state index is 12.9. The molecule has 32 heavy (non-hydrogen) atoms. The van der Waals surface area contributed by atoms with E-state index in [2.05, 4.69) is 33.5 Å². The Morgan fingerprint density at radius 2 is 1.94 bits per heavy atom. The first-order valence-corrected chi connectivity index (χ1v) is 9.84. The number of benzene rings is 2. The van der Waals surface area contributed by atoms with Crippen LogP contribution in [-0.4, -0.2) is 30.3 Å². The van der Waals surface area contributed by atoms with Gasteiger partial charge in [0, 0.05) is 24.0 Å². The zero-order chi connectivity index (χ0) is 21.1. The number of amides is 1. The number of carbonyl (C=O) groups excluding carboxylic acids is 1. The lowest BCUT2D eigenvalue weighted by Gasteiger charge is -2.18. The molecule has 0 bridgehead atoms. The molecule has 1 aromatic heterocycles. The second-order valence-corrected chi connectivity index (χ2v) is 7.24. The number of hydrogen-bond donors (Lipinski definition) is 2. The van der Waals surface area contributed by atoms with E-state index in [0.717, 1.165) is 40.3 Å². The number of nitrogens with one attached hydrogen (secondary N) is 1. The Morgan fingerprint density at radius 3 is 2.69 bits per heavy atom. The molecule has 1 aliphatic heterocycles. The van der Waals surface area contributed by atoms with Gasteiger partial charge in [0.2, 0.25) is 0 Å². The van der Waals surface area contributed by atoms with E-state index in [1.165, 1.54) is 5.56 Å². The van der Waals surface area contributed by atoms with E-state index in [0.29, 0.717) is 5.69 Å². The molecule has 6 nitrogen and oxygen atoms in total. The second-order valence-electron chi connectivity index (χ2n) is 7.24. The highest BCUT2D eigenvalue weighted by molar-refractivity contribution is 7.59. The zero-order valence-corrected chi connectivity index (χ0v) is 18.6. The molecule has 2 heterocycles. The first-order valence-electron chi connectivity index (χ1n) is 9.84. The molecule has 0 aliphatic carbocycles. The van der Waals surface area contributed by atoms with Crippen molar-refractivity contribution in [3.63, 3.8) is 0 Å². The molecule has 4 rings (SSSR count). The maximum Gasteiger partial charge on any atom is 0.270 e. The van der Waals surface area contributed by atoms with Crippen molar-refractivity contribution in [3.8, 4) is 16.9 Å². The fraction of sp³-hybridized carbons (Fsp3) is 0.240. The fourth-order valence-electron chi connectivity index (χ4n) is 3.62. The van der Waals surface area contributed by atoms with Crippen LogP contribution in [0, 0.1) is 0 Å². The summed E-state index contributed by atoms with van der Waals surface area (Å²) in [7, 11) is 1.61. The number of nitrogens with two attached hydrogens (primary N) is 1. The minimum absolute atomic E-state index is 0. The average molecular weight is 451 g/mol. The standard InChI is InChI=1S/C24H24N4O2.CH4.H2S/c1-15-21-11-16(6-7-19(21)14-27-15)17-8-9-26-22(12-17)24(29)28-23(13-25)18-4-3-5-20(10-18)30-2;;/h3-12,23H,13-14,25H2,1-2H3,(H,28,29);1H4;1H2/t23-;;/m1../s1. The summed E-state index contributed by atoms with van der Waals surface area (Å²) >= 11 is 0. The van der Waals surface area contributed by atoms with E-state index >= 15 is 0 Å². The predicted octanol–water partition coefficient (Wildman–Crippen LogP) is 4.26. The third kappa shape index (κ3) is 5.18. The molecule has 7 heteroatoms. The number of nitrogens with zero attached hydrogens (tertiary/aromatic N) is 2. The molecular weight excluding hydrogens is 420 g/mol. The third-order valence-corrected chi connectivity index (χ3v) is 5.35. The van der Waals surface area contributed by atoms with Gasteiger partial charge in [-0.05, 0) is 59.5 Å². The molecule has 1 amide bonds. The van der Waals surface area contributed by atoms with Crippen molar-refractivity contribution in [1.82, 2.24) is 10.3 Å². The van der Waals surface area contributed by atoms with Crippen LogP contribution in [0.2, 0.25) is 0 Å².